The smallest absolute Gasteiger partial charge is 0.335 e. The molecule has 0 unspecified atom stereocenters. The summed E-state index contributed by atoms with van der Waals surface area (Å²) in [7, 11) is 0. The van der Waals surface area contributed by atoms with Gasteiger partial charge in [0, 0.05) is 12.2 Å². The van der Waals surface area contributed by atoms with Gasteiger partial charge in [0.2, 0.25) is 0 Å². The van der Waals surface area contributed by atoms with Gasteiger partial charge in [-0.05, 0) is 30.3 Å². The summed E-state index contributed by atoms with van der Waals surface area (Å²) in [5, 5.41) is 21.7. The van der Waals surface area contributed by atoms with E-state index >= 15 is 0 Å². The molecule has 2 aromatic carbocycles. The standard InChI is InChI=1S/C16H17NO4/c18-14(11-21-15-7-2-1-3-8-15)10-17-13-6-4-5-12(9-13)16(19)20/h1-9,14,17-18H,10-11H2,(H,19,20)/t14-/m0/s1. The van der Waals surface area contributed by atoms with Crippen LogP contribution in [0.25, 0.3) is 0 Å². The number of carboxylic acids is 1. The summed E-state index contributed by atoms with van der Waals surface area (Å²) < 4.78 is 5.43. The van der Waals surface area contributed by atoms with Crippen molar-refractivity contribution >= 4 is 11.7 Å². The van der Waals surface area contributed by atoms with Gasteiger partial charge in [0.15, 0.2) is 0 Å². The molecule has 5 nitrogen and oxygen atoms in total. The number of anilines is 1. The SMILES string of the molecule is O=C(O)c1cccc(NC[C@H](O)COc2ccccc2)c1. The number of hydrogen-bond acceptors (Lipinski definition) is 4. The molecule has 3 N–H and O–H groups in total. The van der Waals surface area contributed by atoms with E-state index in [2.05, 4.69) is 5.32 Å². The predicted octanol–water partition coefficient (Wildman–Crippen LogP) is 2.24. The van der Waals surface area contributed by atoms with Crippen LogP contribution >= 0.6 is 0 Å². The van der Waals surface area contributed by atoms with E-state index in [4.69, 9.17) is 9.84 Å². The fraction of sp³-hybridized carbons (Fsp3) is 0.188. The number of ether oxygens (including phenoxy) is 1. The maximum Gasteiger partial charge on any atom is 0.335 e. The number of rotatable bonds is 7. The molecule has 0 fully saturated rings. The Bertz CT molecular complexity index is 586. The molecule has 0 aromatic heterocycles. The second-order valence-corrected chi connectivity index (χ2v) is 4.54. The second-order valence-electron chi connectivity index (χ2n) is 4.54. The zero-order valence-corrected chi connectivity index (χ0v) is 11.4. The number of carbonyl (C=O) groups is 1. The van der Waals surface area contributed by atoms with Gasteiger partial charge in [-0.2, -0.15) is 0 Å². The second kappa shape index (κ2) is 7.31. The Morgan fingerprint density at radius 1 is 1.14 bits per heavy atom. The van der Waals surface area contributed by atoms with E-state index in [-0.39, 0.29) is 18.7 Å². The highest BCUT2D eigenvalue weighted by molar-refractivity contribution is 5.88. The molecule has 0 bridgehead atoms. The van der Waals surface area contributed by atoms with Gasteiger partial charge < -0.3 is 20.3 Å². The molecule has 0 aliphatic carbocycles. The number of carboxylic acid groups (broad SMARTS) is 1. The van der Waals surface area contributed by atoms with Gasteiger partial charge in [-0.15, -0.1) is 0 Å². The van der Waals surface area contributed by atoms with Crippen molar-refractivity contribution in [1.82, 2.24) is 0 Å². The van der Waals surface area contributed by atoms with Crippen molar-refractivity contribution in [2.75, 3.05) is 18.5 Å². The molecule has 110 valence electrons. The third-order valence-corrected chi connectivity index (χ3v) is 2.84. The lowest BCUT2D eigenvalue weighted by atomic mass is 10.2. The van der Waals surface area contributed by atoms with Crippen molar-refractivity contribution < 1.29 is 19.7 Å². The molecule has 0 radical (unpaired) electrons. The first-order valence-electron chi connectivity index (χ1n) is 6.58. The lowest BCUT2D eigenvalue weighted by molar-refractivity contribution is 0.0697. The number of para-hydroxylation sites is 1. The lowest BCUT2D eigenvalue weighted by Gasteiger charge is -2.14. The Morgan fingerprint density at radius 2 is 1.90 bits per heavy atom. The summed E-state index contributed by atoms with van der Waals surface area (Å²) in [5.74, 6) is -0.281. The maximum atomic E-state index is 10.9. The maximum absolute atomic E-state index is 10.9. The van der Waals surface area contributed by atoms with Crippen LogP contribution in [0.1, 0.15) is 10.4 Å². The van der Waals surface area contributed by atoms with Gasteiger partial charge in [0.05, 0.1) is 5.56 Å². The van der Waals surface area contributed by atoms with Crippen molar-refractivity contribution in [2.24, 2.45) is 0 Å². The molecule has 0 amide bonds. The molecule has 0 saturated heterocycles. The van der Waals surface area contributed by atoms with Crippen LogP contribution in [0.3, 0.4) is 0 Å². The van der Waals surface area contributed by atoms with Crippen molar-refractivity contribution in [2.45, 2.75) is 6.10 Å². The van der Waals surface area contributed by atoms with E-state index < -0.39 is 12.1 Å². The molecule has 2 rings (SSSR count). The van der Waals surface area contributed by atoms with Crippen molar-refractivity contribution in [3.8, 4) is 5.75 Å². The van der Waals surface area contributed by atoms with E-state index in [1.165, 1.54) is 12.1 Å². The van der Waals surface area contributed by atoms with Crippen LogP contribution in [0.4, 0.5) is 5.69 Å². The van der Waals surface area contributed by atoms with Crippen LogP contribution in [0.15, 0.2) is 54.6 Å². The number of hydrogen-bond donors (Lipinski definition) is 3. The first kappa shape index (κ1) is 14.9. The zero-order chi connectivity index (χ0) is 15.1. The van der Waals surface area contributed by atoms with Crippen LogP contribution in [-0.4, -0.2) is 35.4 Å². The highest BCUT2D eigenvalue weighted by Gasteiger charge is 2.07. The van der Waals surface area contributed by atoms with Crippen LogP contribution in [0.5, 0.6) is 5.75 Å². The molecule has 0 aliphatic heterocycles. The summed E-state index contributed by atoms with van der Waals surface area (Å²) in [6.45, 7) is 0.436. The first-order valence-corrected chi connectivity index (χ1v) is 6.58. The molecular formula is C16H17NO4. The van der Waals surface area contributed by atoms with Gasteiger partial charge in [0.1, 0.15) is 18.5 Å². The summed E-state index contributed by atoms with van der Waals surface area (Å²) >= 11 is 0. The zero-order valence-electron chi connectivity index (χ0n) is 11.4. The van der Waals surface area contributed by atoms with Gasteiger partial charge in [-0.3, -0.25) is 0 Å². The average Bonchev–Trinajstić information content (AvgIpc) is 2.52. The van der Waals surface area contributed by atoms with E-state index in [9.17, 15) is 9.90 Å². The Hall–Kier alpha value is -2.53. The number of nitrogens with one attached hydrogen (secondary N) is 1. The third kappa shape index (κ3) is 4.81. The lowest BCUT2D eigenvalue weighted by Crippen LogP contribution is -2.26. The number of aromatic carboxylic acids is 1. The van der Waals surface area contributed by atoms with Crippen molar-refractivity contribution in [3.05, 3.63) is 60.2 Å². The number of aliphatic hydroxyl groups is 1. The number of aliphatic hydroxyl groups excluding tert-OH is 1. The molecule has 1 atom stereocenters. The van der Waals surface area contributed by atoms with E-state index in [0.29, 0.717) is 11.4 Å². The highest BCUT2D eigenvalue weighted by atomic mass is 16.5. The van der Waals surface area contributed by atoms with Gasteiger partial charge >= 0.3 is 5.97 Å². The quantitative estimate of drug-likeness (QED) is 0.728. The first-order chi connectivity index (χ1) is 10.1. The molecule has 2 aromatic rings. The van der Waals surface area contributed by atoms with E-state index in [1.807, 2.05) is 30.3 Å². The van der Waals surface area contributed by atoms with Crippen LogP contribution < -0.4 is 10.1 Å². The minimum Gasteiger partial charge on any atom is -0.491 e. The van der Waals surface area contributed by atoms with Crippen LogP contribution in [-0.2, 0) is 0 Å². The summed E-state index contributed by atoms with van der Waals surface area (Å²) in [6.07, 6.45) is -0.696. The Labute approximate surface area is 122 Å². The third-order valence-electron chi connectivity index (χ3n) is 2.84. The van der Waals surface area contributed by atoms with E-state index in [0.717, 1.165) is 0 Å². The monoisotopic (exact) mass is 287 g/mol. The Morgan fingerprint density at radius 3 is 2.62 bits per heavy atom. The minimum atomic E-state index is -0.980. The molecule has 0 spiro atoms. The average molecular weight is 287 g/mol. The Kier molecular flexibility index (Phi) is 5.17. The fourth-order valence-electron chi connectivity index (χ4n) is 1.77. The molecule has 0 saturated carbocycles. The summed E-state index contributed by atoms with van der Waals surface area (Å²) in [6, 6.07) is 15.7. The molecule has 5 heteroatoms. The summed E-state index contributed by atoms with van der Waals surface area (Å²) in [5.41, 5.74) is 0.851. The molecule has 21 heavy (non-hydrogen) atoms. The fourth-order valence-corrected chi connectivity index (χ4v) is 1.77. The van der Waals surface area contributed by atoms with Gasteiger partial charge in [-0.1, -0.05) is 24.3 Å². The largest absolute Gasteiger partial charge is 0.491 e. The normalized spacial score (nSPS) is 11.7. The van der Waals surface area contributed by atoms with E-state index in [1.54, 1.807) is 12.1 Å². The highest BCUT2D eigenvalue weighted by Crippen LogP contribution is 2.11. The van der Waals surface area contributed by atoms with Crippen LogP contribution in [0.2, 0.25) is 0 Å². The van der Waals surface area contributed by atoms with Crippen molar-refractivity contribution in [1.29, 1.82) is 0 Å². The predicted molar refractivity (Wildman–Crippen MR) is 79.8 cm³/mol. The number of benzene rings is 2. The molecule has 0 heterocycles. The molecule has 0 aliphatic rings. The Balaban J connectivity index is 1.80. The summed E-state index contributed by atoms with van der Waals surface area (Å²) in [4.78, 5) is 10.9. The minimum absolute atomic E-state index is 0.162. The molecular weight excluding hydrogens is 270 g/mol. The topological polar surface area (TPSA) is 78.8 Å². The van der Waals surface area contributed by atoms with Gasteiger partial charge in [0.25, 0.3) is 0 Å². The van der Waals surface area contributed by atoms with Crippen molar-refractivity contribution in [3.63, 3.8) is 0 Å². The van der Waals surface area contributed by atoms with Gasteiger partial charge in [-0.25, -0.2) is 4.79 Å². The van der Waals surface area contributed by atoms with Crippen LogP contribution in [0, 0.1) is 0 Å².